The molecule has 0 aliphatic rings. The molecule has 1 amide bonds. The quantitative estimate of drug-likeness (QED) is 0.788. The number of aryl methyl sites for hydroxylation is 1. The van der Waals surface area contributed by atoms with Crippen LogP contribution in [0.1, 0.15) is 15.9 Å². The van der Waals surface area contributed by atoms with E-state index in [4.69, 9.17) is 9.47 Å². The second-order valence-corrected chi connectivity index (χ2v) is 5.39. The standard InChI is InChI=1S/C18H17N3O4/c1-11-5-4-8-21-16(11)19-10-13(18(21)23)20-17(22)12-6-7-14(24-2)15(9-12)25-3/h4-10H,1-3H3,(H,20,22). The zero-order chi connectivity index (χ0) is 18.0. The molecule has 0 unspecified atom stereocenters. The molecule has 1 aromatic carbocycles. The van der Waals surface area contributed by atoms with Gasteiger partial charge in [0.05, 0.1) is 20.4 Å². The van der Waals surface area contributed by atoms with Crippen LogP contribution in [0.2, 0.25) is 0 Å². The fourth-order valence-electron chi connectivity index (χ4n) is 2.50. The van der Waals surface area contributed by atoms with Gasteiger partial charge in [0, 0.05) is 11.8 Å². The van der Waals surface area contributed by atoms with Crippen molar-refractivity contribution in [1.29, 1.82) is 0 Å². The molecule has 0 fully saturated rings. The topological polar surface area (TPSA) is 81.9 Å². The Balaban J connectivity index is 1.95. The number of carbonyl (C=O) groups is 1. The molecule has 1 N–H and O–H groups in total. The first-order chi connectivity index (χ1) is 12.0. The predicted molar refractivity (Wildman–Crippen MR) is 93.7 cm³/mol. The minimum atomic E-state index is -0.438. The molecule has 0 saturated carbocycles. The molecule has 0 aliphatic heterocycles. The van der Waals surface area contributed by atoms with Crippen LogP contribution in [0.15, 0.2) is 47.5 Å². The number of hydrogen-bond donors (Lipinski definition) is 1. The monoisotopic (exact) mass is 339 g/mol. The largest absolute Gasteiger partial charge is 0.493 e. The van der Waals surface area contributed by atoms with Crippen LogP contribution >= 0.6 is 0 Å². The summed E-state index contributed by atoms with van der Waals surface area (Å²) in [7, 11) is 3.00. The first kappa shape index (κ1) is 16.5. The lowest BCUT2D eigenvalue weighted by Gasteiger charge is -2.10. The van der Waals surface area contributed by atoms with Crippen molar-refractivity contribution < 1.29 is 14.3 Å². The van der Waals surface area contributed by atoms with E-state index in [0.29, 0.717) is 22.7 Å². The maximum absolute atomic E-state index is 12.5. The minimum Gasteiger partial charge on any atom is -0.493 e. The molecule has 128 valence electrons. The van der Waals surface area contributed by atoms with E-state index in [-0.39, 0.29) is 11.2 Å². The van der Waals surface area contributed by atoms with Crippen molar-refractivity contribution in [3.8, 4) is 11.5 Å². The number of amides is 1. The third-order valence-corrected chi connectivity index (χ3v) is 3.82. The van der Waals surface area contributed by atoms with Gasteiger partial charge in [-0.1, -0.05) is 6.07 Å². The van der Waals surface area contributed by atoms with Crippen molar-refractivity contribution in [1.82, 2.24) is 9.38 Å². The second kappa shape index (κ2) is 6.64. The summed E-state index contributed by atoms with van der Waals surface area (Å²) in [6.45, 7) is 1.86. The number of nitrogens with zero attached hydrogens (tertiary/aromatic N) is 2. The van der Waals surface area contributed by atoms with E-state index in [1.165, 1.54) is 24.8 Å². The lowest BCUT2D eigenvalue weighted by Crippen LogP contribution is -2.23. The fraction of sp³-hybridized carbons (Fsp3) is 0.167. The first-order valence-corrected chi connectivity index (χ1v) is 7.55. The molecule has 0 bridgehead atoms. The minimum absolute atomic E-state index is 0.0999. The molecule has 2 heterocycles. The van der Waals surface area contributed by atoms with Crippen molar-refractivity contribution in [2.45, 2.75) is 6.92 Å². The molecule has 0 saturated heterocycles. The Labute approximate surface area is 143 Å². The highest BCUT2D eigenvalue weighted by molar-refractivity contribution is 6.04. The molecule has 25 heavy (non-hydrogen) atoms. The van der Waals surface area contributed by atoms with Crippen molar-refractivity contribution in [3.63, 3.8) is 0 Å². The number of rotatable bonds is 4. The van der Waals surface area contributed by atoms with Crippen LogP contribution < -0.4 is 20.3 Å². The summed E-state index contributed by atoms with van der Waals surface area (Å²) in [5.74, 6) is 0.508. The number of anilines is 1. The molecule has 0 spiro atoms. The van der Waals surface area contributed by atoms with Gasteiger partial charge < -0.3 is 14.8 Å². The average Bonchev–Trinajstić information content (AvgIpc) is 2.63. The number of fused-ring (bicyclic) bond motifs is 1. The highest BCUT2D eigenvalue weighted by Gasteiger charge is 2.14. The fourth-order valence-corrected chi connectivity index (χ4v) is 2.50. The van der Waals surface area contributed by atoms with Crippen LogP contribution in [0.4, 0.5) is 5.69 Å². The molecule has 0 radical (unpaired) electrons. The molecule has 3 aromatic rings. The number of carbonyl (C=O) groups excluding carboxylic acids is 1. The van der Waals surface area contributed by atoms with Gasteiger partial charge in [-0.05, 0) is 36.8 Å². The summed E-state index contributed by atoms with van der Waals surface area (Å²) < 4.78 is 11.7. The SMILES string of the molecule is COc1ccc(C(=O)Nc2cnc3c(C)cccn3c2=O)cc1OC. The Morgan fingerprint density at radius 1 is 1.16 bits per heavy atom. The maximum atomic E-state index is 12.5. The molecule has 7 nitrogen and oxygen atoms in total. The van der Waals surface area contributed by atoms with Gasteiger partial charge in [0.15, 0.2) is 11.5 Å². The van der Waals surface area contributed by atoms with Gasteiger partial charge in [-0.25, -0.2) is 4.98 Å². The van der Waals surface area contributed by atoms with Crippen molar-refractivity contribution >= 4 is 17.2 Å². The Hall–Kier alpha value is -3.35. The van der Waals surface area contributed by atoms with E-state index >= 15 is 0 Å². The lowest BCUT2D eigenvalue weighted by molar-refractivity contribution is 0.102. The Morgan fingerprint density at radius 3 is 2.64 bits per heavy atom. The van der Waals surface area contributed by atoms with E-state index in [2.05, 4.69) is 10.3 Å². The summed E-state index contributed by atoms with van der Waals surface area (Å²) in [5, 5.41) is 2.60. The second-order valence-electron chi connectivity index (χ2n) is 5.39. The summed E-state index contributed by atoms with van der Waals surface area (Å²) in [4.78, 5) is 29.2. The van der Waals surface area contributed by atoms with Crippen LogP contribution in [-0.4, -0.2) is 29.5 Å². The number of nitrogens with one attached hydrogen (secondary N) is 1. The van der Waals surface area contributed by atoms with E-state index in [9.17, 15) is 9.59 Å². The van der Waals surface area contributed by atoms with Gasteiger partial charge in [-0.15, -0.1) is 0 Å². The molecular weight excluding hydrogens is 322 g/mol. The van der Waals surface area contributed by atoms with Gasteiger partial charge in [-0.3, -0.25) is 14.0 Å². The normalized spacial score (nSPS) is 10.5. The van der Waals surface area contributed by atoms with E-state index < -0.39 is 5.91 Å². The number of ether oxygens (including phenoxy) is 2. The maximum Gasteiger partial charge on any atom is 0.281 e. The molecule has 0 atom stereocenters. The molecular formula is C18H17N3O4. The average molecular weight is 339 g/mol. The van der Waals surface area contributed by atoms with Crippen molar-refractivity contribution in [2.75, 3.05) is 19.5 Å². The first-order valence-electron chi connectivity index (χ1n) is 7.55. The van der Waals surface area contributed by atoms with Gasteiger partial charge in [0.2, 0.25) is 0 Å². The molecule has 0 aliphatic carbocycles. The third kappa shape index (κ3) is 3.03. The molecule has 7 heteroatoms. The summed E-state index contributed by atoms with van der Waals surface area (Å²) in [6, 6.07) is 8.38. The van der Waals surface area contributed by atoms with Gasteiger partial charge in [-0.2, -0.15) is 0 Å². The Bertz CT molecular complexity index is 1010. The van der Waals surface area contributed by atoms with E-state index in [1.807, 2.05) is 13.0 Å². The highest BCUT2D eigenvalue weighted by Crippen LogP contribution is 2.27. The lowest BCUT2D eigenvalue weighted by atomic mass is 10.2. The van der Waals surface area contributed by atoms with E-state index in [1.54, 1.807) is 30.5 Å². The van der Waals surface area contributed by atoms with Gasteiger partial charge in [0.25, 0.3) is 11.5 Å². The smallest absolute Gasteiger partial charge is 0.281 e. The van der Waals surface area contributed by atoms with Gasteiger partial charge >= 0.3 is 0 Å². The Kier molecular flexibility index (Phi) is 4.38. The molecule has 2 aromatic heterocycles. The summed E-state index contributed by atoms with van der Waals surface area (Å²) in [6.07, 6.45) is 2.98. The van der Waals surface area contributed by atoms with Crippen molar-refractivity contribution in [2.24, 2.45) is 0 Å². The number of hydrogen-bond acceptors (Lipinski definition) is 5. The zero-order valence-corrected chi connectivity index (χ0v) is 14.1. The number of aromatic nitrogens is 2. The van der Waals surface area contributed by atoms with Crippen LogP contribution in [0.5, 0.6) is 11.5 Å². The predicted octanol–water partition coefficient (Wildman–Crippen LogP) is 2.27. The van der Waals surface area contributed by atoms with Gasteiger partial charge in [0.1, 0.15) is 11.3 Å². The van der Waals surface area contributed by atoms with Crippen LogP contribution in [-0.2, 0) is 0 Å². The molecule has 3 rings (SSSR count). The summed E-state index contributed by atoms with van der Waals surface area (Å²) in [5.41, 5.74) is 1.52. The number of benzene rings is 1. The van der Waals surface area contributed by atoms with Crippen LogP contribution in [0, 0.1) is 6.92 Å². The number of methoxy groups -OCH3 is 2. The van der Waals surface area contributed by atoms with Crippen LogP contribution in [0.25, 0.3) is 5.65 Å². The zero-order valence-electron chi connectivity index (χ0n) is 14.1. The number of pyridine rings is 1. The highest BCUT2D eigenvalue weighted by atomic mass is 16.5. The van der Waals surface area contributed by atoms with Crippen molar-refractivity contribution in [3.05, 3.63) is 64.2 Å². The third-order valence-electron chi connectivity index (χ3n) is 3.82. The Morgan fingerprint density at radius 2 is 1.92 bits per heavy atom. The van der Waals surface area contributed by atoms with Crippen LogP contribution in [0.3, 0.4) is 0 Å². The summed E-state index contributed by atoms with van der Waals surface area (Å²) >= 11 is 0. The van der Waals surface area contributed by atoms with E-state index in [0.717, 1.165) is 5.56 Å².